The molecule has 1 aliphatic carbocycles. The van der Waals surface area contributed by atoms with Gasteiger partial charge in [0.25, 0.3) is 0 Å². The zero-order chi connectivity index (χ0) is 25.9. The summed E-state index contributed by atoms with van der Waals surface area (Å²) in [5.41, 5.74) is 3.59. The first kappa shape index (κ1) is 25.7. The molecular formula is C26H32F3N7. The lowest BCUT2D eigenvalue weighted by atomic mass is 9.92. The molecule has 0 bridgehead atoms. The lowest BCUT2D eigenvalue weighted by Gasteiger charge is -2.28. The van der Waals surface area contributed by atoms with Crippen molar-refractivity contribution >= 4 is 28.6 Å². The van der Waals surface area contributed by atoms with Gasteiger partial charge in [-0.1, -0.05) is 12.7 Å². The average molecular weight is 500 g/mol. The summed E-state index contributed by atoms with van der Waals surface area (Å²) in [7, 11) is 1.74. The molecule has 0 unspecified atom stereocenters. The number of hydrogen-bond acceptors (Lipinski definition) is 5. The third kappa shape index (κ3) is 6.04. The molecule has 0 amide bonds. The van der Waals surface area contributed by atoms with Crippen LogP contribution in [0.25, 0.3) is 33.8 Å². The lowest BCUT2D eigenvalue weighted by Crippen LogP contribution is -2.32. The number of aromatic nitrogens is 5. The number of alkyl halides is 3. The molecule has 4 aromatic heterocycles. The largest absolute Gasteiger partial charge is 0.351 e. The highest BCUT2D eigenvalue weighted by Crippen LogP contribution is 2.34. The maximum Gasteiger partial charge on any atom is 0.248 e. The number of pyridine rings is 1. The van der Waals surface area contributed by atoms with Crippen molar-refractivity contribution in [3.63, 3.8) is 0 Å². The second-order valence-corrected chi connectivity index (χ2v) is 9.73. The summed E-state index contributed by atoms with van der Waals surface area (Å²) in [6, 6.07) is 4.02. The van der Waals surface area contributed by atoms with Gasteiger partial charge < -0.3 is 15.6 Å². The van der Waals surface area contributed by atoms with E-state index in [4.69, 9.17) is 0 Å². The molecule has 0 atom stereocenters. The third-order valence-corrected chi connectivity index (χ3v) is 6.16. The van der Waals surface area contributed by atoms with E-state index in [-0.39, 0.29) is 18.9 Å². The summed E-state index contributed by atoms with van der Waals surface area (Å²) in [6.07, 6.45) is 9.79. The Bertz CT molecular complexity index is 1330. The molecule has 4 aromatic rings. The zero-order valence-corrected chi connectivity index (χ0v) is 20.8. The Hall–Kier alpha value is -3.40. The second-order valence-electron chi connectivity index (χ2n) is 9.73. The standard InChI is InChI=1S/C21H20F2N6.C5H12FN/c1-2-13-10-26-29-8-5-14(9-18(13)29)16-11-24-19-17(16)12-25-20(28-19)27-15-3-6-21(22,23)7-4-15;1-5(2,6)4-7-3/h2,5,8-12,15H,1,3-4,6-7H2,(H2,24,25,27,28);7H,4H2,1-3H3. The van der Waals surface area contributed by atoms with Crippen LogP contribution in [-0.2, 0) is 0 Å². The van der Waals surface area contributed by atoms with Crippen LogP contribution in [-0.4, -0.2) is 55.8 Å². The molecule has 0 saturated heterocycles. The first-order valence-electron chi connectivity index (χ1n) is 12.0. The van der Waals surface area contributed by atoms with Gasteiger partial charge in [-0.05, 0) is 51.4 Å². The highest BCUT2D eigenvalue weighted by molar-refractivity contribution is 5.94. The molecule has 1 fully saturated rings. The van der Waals surface area contributed by atoms with E-state index in [1.807, 2.05) is 23.0 Å². The van der Waals surface area contributed by atoms with E-state index in [2.05, 4.69) is 43.3 Å². The maximum absolute atomic E-state index is 13.3. The van der Waals surface area contributed by atoms with E-state index >= 15 is 0 Å². The molecule has 1 aliphatic rings. The summed E-state index contributed by atoms with van der Waals surface area (Å²) < 4.78 is 40.8. The molecular weight excluding hydrogens is 467 g/mol. The summed E-state index contributed by atoms with van der Waals surface area (Å²) in [4.78, 5) is 12.2. The highest BCUT2D eigenvalue weighted by Gasteiger charge is 2.35. The van der Waals surface area contributed by atoms with Crippen molar-refractivity contribution in [3.8, 4) is 11.1 Å². The SMILES string of the molecule is C=Cc1cnn2ccc(-c3c[nH]c4nc(NC5CCC(F)(F)CC5)ncc34)cc12.CNCC(C)(C)F. The molecule has 5 rings (SSSR count). The van der Waals surface area contributed by atoms with Gasteiger partial charge in [0.05, 0.1) is 11.7 Å². The van der Waals surface area contributed by atoms with Crippen LogP contribution in [0.4, 0.5) is 19.1 Å². The number of H-pyrrole nitrogens is 1. The molecule has 10 heteroatoms. The number of aromatic amines is 1. The Morgan fingerprint density at radius 3 is 2.67 bits per heavy atom. The number of fused-ring (bicyclic) bond motifs is 2. The van der Waals surface area contributed by atoms with E-state index in [1.54, 1.807) is 39.4 Å². The first-order valence-corrected chi connectivity index (χ1v) is 12.0. The summed E-state index contributed by atoms with van der Waals surface area (Å²) in [6.45, 7) is 7.35. The molecule has 0 radical (unpaired) electrons. The Labute approximate surface area is 208 Å². The maximum atomic E-state index is 13.3. The number of nitrogens with one attached hydrogen (secondary N) is 3. The molecule has 0 aliphatic heterocycles. The molecule has 0 spiro atoms. The van der Waals surface area contributed by atoms with Crippen LogP contribution in [0.1, 0.15) is 45.1 Å². The van der Waals surface area contributed by atoms with Crippen molar-refractivity contribution in [1.29, 1.82) is 0 Å². The van der Waals surface area contributed by atoms with Gasteiger partial charge in [0, 0.05) is 60.5 Å². The van der Waals surface area contributed by atoms with Crippen molar-refractivity contribution in [2.45, 2.75) is 57.2 Å². The highest BCUT2D eigenvalue weighted by atomic mass is 19.3. The minimum absolute atomic E-state index is 0.0249. The van der Waals surface area contributed by atoms with Crippen LogP contribution < -0.4 is 10.6 Å². The predicted molar refractivity (Wildman–Crippen MR) is 138 cm³/mol. The van der Waals surface area contributed by atoms with Gasteiger partial charge in [-0.25, -0.2) is 22.7 Å². The smallest absolute Gasteiger partial charge is 0.248 e. The fourth-order valence-corrected chi connectivity index (χ4v) is 4.33. The van der Waals surface area contributed by atoms with Crippen molar-refractivity contribution in [1.82, 2.24) is 29.9 Å². The molecule has 7 nitrogen and oxygen atoms in total. The van der Waals surface area contributed by atoms with Crippen LogP contribution in [0.2, 0.25) is 0 Å². The Kier molecular flexibility index (Phi) is 7.35. The molecule has 0 aromatic carbocycles. The van der Waals surface area contributed by atoms with E-state index in [9.17, 15) is 13.2 Å². The van der Waals surface area contributed by atoms with Crippen molar-refractivity contribution in [2.24, 2.45) is 0 Å². The second kappa shape index (κ2) is 10.3. The minimum Gasteiger partial charge on any atom is -0.351 e. The topological polar surface area (TPSA) is 82.9 Å². The number of nitrogens with zero attached hydrogens (tertiary/aromatic N) is 4. The van der Waals surface area contributed by atoms with Crippen LogP contribution >= 0.6 is 0 Å². The van der Waals surface area contributed by atoms with E-state index in [1.165, 1.54) is 0 Å². The minimum atomic E-state index is -2.54. The predicted octanol–water partition coefficient (Wildman–Crippen LogP) is 5.86. The van der Waals surface area contributed by atoms with Crippen molar-refractivity contribution < 1.29 is 13.2 Å². The number of hydrogen-bond donors (Lipinski definition) is 3. The van der Waals surface area contributed by atoms with E-state index in [0.717, 1.165) is 27.6 Å². The molecule has 192 valence electrons. The zero-order valence-electron chi connectivity index (χ0n) is 20.8. The third-order valence-electron chi connectivity index (χ3n) is 6.16. The summed E-state index contributed by atoms with van der Waals surface area (Å²) in [5, 5.41) is 11.1. The van der Waals surface area contributed by atoms with E-state index in [0.29, 0.717) is 31.0 Å². The van der Waals surface area contributed by atoms with Crippen LogP contribution in [0.5, 0.6) is 0 Å². The number of anilines is 1. The van der Waals surface area contributed by atoms with Crippen LogP contribution in [0, 0.1) is 0 Å². The van der Waals surface area contributed by atoms with E-state index < -0.39 is 11.6 Å². The fourth-order valence-electron chi connectivity index (χ4n) is 4.33. The number of halogens is 3. The van der Waals surface area contributed by atoms with Crippen LogP contribution in [0.3, 0.4) is 0 Å². The van der Waals surface area contributed by atoms with Gasteiger partial charge in [0.1, 0.15) is 11.3 Å². The van der Waals surface area contributed by atoms with Gasteiger partial charge in [-0.3, -0.25) is 0 Å². The molecule has 1 saturated carbocycles. The van der Waals surface area contributed by atoms with Crippen molar-refractivity contribution in [2.75, 3.05) is 18.9 Å². The van der Waals surface area contributed by atoms with Gasteiger partial charge in [-0.15, -0.1) is 0 Å². The average Bonchev–Trinajstić information content (AvgIpc) is 3.43. The molecule has 4 heterocycles. The van der Waals surface area contributed by atoms with Gasteiger partial charge in [0.2, 0.25) is 11.9 Å². The van der Waals surface area contributed by atoms with Gasteiger partial charge >= 0.3 is 0 Å². The molecule has 36 heavy (non-hydrogen) atoms. The summed E-state index contributed by atoms with van der Waals surface area (Å²) in [5.74, 6) is -2.08. The first-order chi connectivity index (χ1) is 17.1. The quantitative estimate of drug-likeness (QED) is 0.310. The van der Waals surface area contributed by atoms with Gasteiger partial charge in [-0.2, -0.15) is 10.1 Å². The fraction of sp³-hybridized carbons (Fsp3) is 0.423. The molecule has 3 N–H and O–H groups in total. The van der Waals surface area contributed by atoms with Crippen LogP contribution in [0.15, 0.2) is 43.5 Å². The van der Waals surface area contributed by atoms with Gasteiger partial charge in [0.15, 0.2) is 0 Å². The Balaban J connectivity index is 0.000000384. The monoisotopic (exact) mass is 499 g/mol. The normalized spacial score (nSPS) is 16.1. The Morgan fingerprint density at radius 2 is 2.03 bits per heavy atom. The summed E-state index contributed by atoms with van der Waals surface area (Å²) >= 11 is 0. The van der Waals surface area contributed by atoms with Crippen molar-refractivity contribution in [3.05, 3.63) is 49.1 Å². The number of rotatable bonds is 6. The lowest BCUT2D eigenvalue weighted by molar-refractivity contribution is -0.0361. The Morgan fingerprint density at radius 1 is 1.28 bits per heavy atom.